The maximum atomic E-state index is 11.3. The molecule has 0 radical (unpaired) electrons. The molecule has 0 fully saturated rings. The van der Waals surface area contributed by atoms with Gasteiger partial charge in [-0.05, 0) is 50.5 Å². The lowest BCUT2D eigenvalue weighted by molar-refractivity contribution is 0.0237. The highest BCUT2D eigenvalue weighted by molar-refractivity contribution is 7.92. The second kappa shape index (κ2) is 7.76. The van der Waals surface area contributed by atoms with Crippen LogP contribution in [-0.4, -0.2) is 32.0 Å². The number of anilines is 1. The van der Waals surface area contributed by atoms with E-state index in [1.807, 2.05) is 25.1 Å². The molecule has 0 aliphatic carbocycles. The van der Waals surface area contributed by atoms with E-state index < -0.39 is 15.6 Å². The first-order valence-corrected chi connectivity index (χ1v) is 9.03. The van der Waals surface area contributed by atoms with Crippen LogP contribution in [-0.2, 0) is 21.4 Å². The van der Waals surface area contributed by atoms with Gasteiger partial charge in [-0.3, -0.25) is 4.72 Å². The summed E-state index contributed by atoms with van der Waals surface area (Å²) in [6, 6.07) is 5.33. The van der Waals surface area contributed by atoms with Crippen molar-refractivity contribution in [2.24, 2.45) is 0 Å². The van der Waals surface area contributed by atoms with Crippen molar-refractivity contribution in [3.05, 3.63) is 35.4 Å². The lowest BCUT2D eigenvalue weighted by Gasteiger charge is -2.17. The fraction of sp³-hybridized carbons (Fsp3) is 0.500. The van der Waals surface area contributed by atoms with Crippen LogP contribution in [0, 0.1) is 0 Å². The number of hydrogen-bond donors (Lipinski definition) is 2. The van der Waals surface area contributed by atoms with Crippen LogP contribution >= 0.6 is 0 Å². The predicted octanol–water partition coefficient (Wildman–Crippen LogP) is 2.77. The van der Waals surface area contributed by atoms with Crippen molar-refractivity contribution in [3.63, 3.8) is 0 Å². The van der Waals surface area contributed by atoms with Gasteiger partial charge in [-0.15, -0.1) is 0 Å². The van der Waals surface area contributed by atoms with Crippen LogP contribution in [0.5, 0.6) is 0 Å². The van der Waals surface area contributed by atoms with Crippen LogP contribution in [0.3, 0.4) is 0 Å². The number of benzene rings is 1. The van der Waals surface area contributed by atoms with E-state index in [4.69, 9.17) is 4.74 Å². The molecule has 0 spiro atoms. The maximum absolute atomic E-state index is 11.3. The molecule has 22 heavy (non-hydrogen) atoms. The van der Waals surface area contributed by atoms with Gasteiger partial charge in [-0.2, -0.15) is 0 Å². The van der Waals surface area contributed by atoms with E-state index in [9.17, 15) is 13.5 Å². The SMILES string of the molecule is C/C=C/c1ccc(NS(C)(=O)=O)cc1COCCC(C)(C)O. The summed E-state index contributed by atoms with van der Waals surface area (Å²) in [5.74, 6) is 0. The average Bonchev–Trinajstić information content (AvgIpc) is 2.34. The largest absolute Gasteiger partial charge is 0.390 e. The smallest absolute Gasteiger partial charge is 0.229 e. The van der Waals surface area contributed by atoms with Crippen molar-refractivity contribution in [2.45, 2.75) is 39.4 Å². The molecule has 1 aromatic carbocycles. The van der Waals surface area contributed by atoms with Crippen LogP contribution in [0.1, 0.15) is 38.3 Å². The molecule has 0 aromatic heterocycles. The molecule has 6 heteroatoms. The van der Waals surface area contributed by atoms with Gasteiger partial charge in [0, 0.05) is 12.3 Å². The van der Waals surface area contributed by atoms with Crippen molar-refractivity contribution < 1.29 is 18.3 Å². The minimum absolute atomic E-state index is 0.356. The lowest BCUT2D eigenvalue weighted by atomic mass is 10.1. The Morgan fingerprint density at radius 2 is 2.05 bits per heavy atom. The minimum atomic E-state index is -3.31. The molecular weight excluding hydrogens is 302 g/mol. The fourth-order valence-electron chi connectivity index (χ4n) is 1.85. The Kier molecular flexibility index (Phi) is 6.59. The molecule has 0 saturated carbocycles. The quantitative estimate of drug-likeness (QED) is 0.720. The van der Waals surface area contributed by atoms with Gasteiger partial charge in [-0.1, -0.05) is 18.2 Å². The summed E-state index contributed by atoms with van der Waals surface area (Å²) in [5.41, 5.74) is 1.62. The van der Waals surface area contributed by atoms with Crippen LogP contribution in [0.4, 0.5) is 5.69 Å². The molecule has 1 rings (SSSR count). The van der Waals surface area contributed by atoms with Crippen molar-refractivity contribution in [3.8, 4) is 0 Å². The molecule has 1 aromatic rings. The molecule has 5 nitrogen and oxygen atoms in total. The van der Waals surface area contributed by atoms with E-state index in [0.717, 1.165) is 17.4 Å². The highest BCUT2D eigenvalue weighted by Gasteiger charge is 2.12. The topological polar surface area (TPSA) is 75.6 Å². The molecular formula is C16H25NO4S. The highest BCUT2D eigenvalue weighted by atomic mass is 32.2. The fourth-order valence-corrected chi connectivity index (χ4v) is 2.41. The molecule has 0 saturated heterocycles. The van der Waals surface area contributed by atoms with Crippen molar-refractivity contribution in [1.29, 1.82) is 0 Å². The normalized spacial score (nSPS) is 12.8. The van der Waals surface area contributed by atoms with E-state index >= 15 is 0 Å². The predicted molar refractivity (Wildman–Crippen MR) is 90.2 cm³/mol. The van der Waals surface area contributed by atoms with E-state index in [1.165, 1.54) is 0 Å². The number of nitrogens with one attached hydrogen (secondary N) is 1. The Balaban J connectivity index is 2.82. The second-order valence-corrected chi connectivity index (χ2v) is 7.65. The summed E-state index contributed by atoms with van der Waals surface area (Å²) < 4.78 is 30.7. The second-order valence-electron chi connectivity index (χ2n) is 5.90. The van der Waals surface area contributed by atoms with E-state index in [1.54, 1.807) is 26.0 Å². The summed E-state index contributed by atoms with van der Waals surface area (Å²) >= 11 is 0. The van der Waals surface area contributed by atoms with Gasteiger partial charge < -0.3 is 9.84 Å². The Labute approximate surface area is 133 Å². The third-order valence-electron chi connectivity index (χ3n) is 2.91. The van der Waals surface area contributed by atoms with Gasteiger partial charge in [0.2, 0.25) is 10.0 Å². The number of sulfonamides is 1. The third kappa shape index (κ3) is 7.59. The molecule has 0 bridgehead atoms. The molecule has 0 atom stereocenters. The molecule has 2 N–H and O–H groups in total. The number of aliphatic hydroxyl groups is 1. The van der Waals surface area contributed by atoms with Crippen molar-refractivity contribution >= 4 is 21.8 Å². The zero-order valence-corrected chi connectivity index (χ0v) is 14.4. The summed E-state index contributed by atoms with van der Waals surface area (Å²) in [6.07, 6.45) is 5.51. The minimum Gasteiger partial charge on any atom is -0.390 e. The van der Waals surface area contributed by atoms with Crippen LogP contribution in [0.2, 0.25) is 0 Å². The first-order valence-electron chi connectivity index (χ1n) is 7.14. The first-order chi connectivity index (χ1) is 10.1. The van der Waals surface area contributed by atoms with E-state index in [2.05, 4.69) is 4.72 Å². The van der Waals surface area contributed by atoms with Crippen LogP contribution in [0.25, 0.3) is 6.08 Å². The number of hydrogen-bond acceptors (Lipinski definition) is 4. The highest BCUT2D eigenvalue weighted by Crippen LogP contribution is 2.20. The molecule has 124 valence electrons. The zero-order chi connectivity index (χ0) is 16.8. The van der Waals surface area contributed by atoms with Gasteiger partial charge in [-0.25, -0.2) is 8.42 Å². The number of ether oxygens (including phenoxy) is 1. The molecule has 0 unspecified atom stereocenters. The van der Waals surface area contributed by atoms with Crippen LogP contribution in [0.15, 0.2) is 24.3 Å². The standard InChI is InChI=1S/C16H25NO4S/c1-5-6-13-7-8-15(17-22(4,19)20)11-14(13)12-21-10-9-16(2,3)18/h5-8,11,17-18H,9-10,12H2,1-4H3/b6-5+. The first kappa shape index (κ1) is 18.7. The van der Waals surface area contributed by atoms with Gasteiger partial charge in [0.15, 0.2) is 0 Å². The van der Waals surface area contributed by atoms with Crippen molar-refractivity contribution in [2.75, 3.05) is 17.6 Å². The van der Waals surface area contributed by atoms with Crippen LogP contribution < -0.4 is 4.72 Å². The van der Waals surface area contributed by atoms with E-state index in [-0.39, 0.29) is 0 Å². The number of allylic oxidation sites excluding steroid dienone is 1. The molecule has 0 aliphatic heterocycles. The maximum Gasteiger partial charge on any atom is 0.229 e. The monoisotopic (exact) mass is 327 g/mol. The molecule has 0 heterocycles. The third-order valence-corrected chi connectivity index (χ3v) is 3.51. The molecule has 0 amide bonds. The average molecular weight is 327 g/mol. The Hall–Kier alpha value is -1.37. The zero-order valence-electron chi connectivity index (χ0n) is 13.6. The summed E-state index contributed by atoms with van der Waals surface area (Å²) in [5, 5.41) is 9.66. The molecule has 0 aliphatic rings. The van der Waals surface area contributed by atoms with Crippen molar-refractivity contribution in [1.82, 2.24) is 0 Å². The lowest BCUT2D eigenvalue weighted by Crippen LogP contribution is -2.20. The summed E-state index contributed by atoms with van der Waals surface area (Å²) in [7, 11) is -3.31. The van der Waals surface area contributed by atoms with E-state index in [0.29, 0.717) is 25.3 Å². The van der Waals surface area contributed by atoms with Gasteiger partial charge in [0.05, 0.1) is 18.5 Å². The van der Waals surface area contributed by atoms with Gasteiger partial charge in [0.1, 0.15) is 0 Å². The summed E-state index contributed by atoms with van der Waals surface area (Å²) in [4.78, 5) is 0. The Morgan fingerprint density at radius 3 is 2.59 bits per heavy atom. The number of rotatable bonds is 8. The van der Waals surface area contributed by atoms with Gasteiger partial charge in [0.25, 0.3) is 0 Å². The Morgan fingerprint density at radius 1 is 1.36 bits per heavy atom. The summed E-state index contributed by atoms with van der Waals surface area (Å²) in [6.45, 7) is 6.18. The van der Waals surface area contributed by atoms with Gasteiger partial charge >= 0.3 is 0 Å². The Bertz CT molecular complexity index is 616.